The first-order valence-electron chi connectivity index (χ1n) is 8.06. The Hall–Kier alpha value is -3.42. The number of phenolic OH excluding ortho intramolecular Hbond substituents is 3. The molecule has 2 amide bonds. The molecule has 1 heterocycles. The van der Waals surface area contributed by atoms with Crippen molar-refractivity contribution in [1.82, 2.24) is 9.80 Å². The lowest BCUT2D eigenvalue weighted by Crippen LogP contribution is -2.50. The minimum atomic E-state index is -0.666. The molecule has 0 spiro atoms. The second kappa shape index (κ2) is 6.83. The molecule has 136 valence electrons. The molecule has 0 aromatic heterocycles. The van der Waals surface area contributed by atoms with E-state index >= 15 is 0 Å². The molecule has 8 heteroatoms. The monoisotopic (exact) mass is 357 g/mol. The topological polar surface area (TPSA) is 127 Å². The lowest BCUT2D eigenvalue weighted by Gasteiger charge is -2.35. The van der Waals surface area contributed by atoms with Gasteiger partial charge in [-0.2, -0.15) is 0 Å². The normalized spacial score (nSPS) is 14.3. The predicted octanol–water partition coefficient (Wildman–Crippen LogP) is 0.984. The van der Waals surface area contributed by atoms with Gasteiger partial charge in [0.25, 0.3) is 11.8 Å². The highest BCUT2D eigenvalue weighted by molar-refractivity contribution is 5.97. The maximum atomic E-state index is 12.5. The second-order valence-electron chi connectivity index (χ2n) is 6.07. The third-order valence-corrected chi connectivity index (χ3v) is 4.33. The highest BCUT2D eigenvalue weighted by Crippen LogP contribution is 2.35. The van der Waals surface area contributed by atoms with Crippen LogP contribution in [0.3, 0.4) is 0 Å². The largest absolute Gasteiger partial charge is 0.504 e. The fourth-order valence-electron chi connectivity index (χ4n) is 2.83. The van der Waals surface area contributed by atoms with Crippen LogP contribution >= 0.6 is 0 Å². The average Bonchev–Trinajstić information content (AvgIpc) is 2.65. The van der Waals surface area contributed by atoms with Gasteiger partial charge in [0.2, 0.25) is 0 Å². The summed E-state index contributed by atoms with van der Waals surface area (Å²) in [7, 11) is 0. The van der Waals surface area contributed by atoms with Crippen LogP contribution in [0.1, 0.15) is 20.7 Å². The molecule has 1 saturated heterocycles. The molecule has 1 aliphatic rings. The maximum Gasteiger partial charge on any atom is 0.254 e. The molecule has 5 N–H and O–H groups in total. The van der Waals surface area contributed by atoms with Crippen molar-refractivity contribution >= 4 is 17.5 Å². The SMILES string of the molecule is Nc1ccc(C(=O)N2CCN(C(=O)c3cc(O)c(O)c(O)c3)CC2)cc1. The number of phenols is 3. The Labute approximate surface area is 149 Å². The fraction of sp³-hybridized carbons (Fsp3) is 0.222. The Bertz CT molecular complexity index is 819. The van der Waals surface area contributed by atoms with E-state index in [1.54, 1.807) is 29.2 Å². The van der Waals surface area contributed by atoms with Gasteiger partial charge in [0.1, 0.15) is 0 Å². The summed E-state index contributed by atoms with van der Waals surface area (Å²) in [6.45, 7) is 1.37. The minimum Gasteiger partial charge on any atom is -0.504 e. The molecule has 8 nitrogen and oxygen atoms in total. The molecule has 0 bridgehead atoms. The molecule has 2 aromatic carbocycles. The number of hydrogen-bond acceptors (Lipinski definition) is 6. The van der Waals surface area contributed by atoms with E-state index in [0.29, 0.717) is 37.4 Å². The number of carbonyl (C=O) groups excluding carboxylic acids is 2. The fourth-order valence-corrected chi connectivity index (χ4v) is 2.83. The van der Waals surface area contributed by atoms with E-state index in [4.69, 9.17) is 5.73 Å². The highest BCUT2D eigenvalue weighted by Gasteiger charge is 2.26. The molecule has 26 heavy (non-hydrogen) atoms. The Morgan fingerprint density at radius 1 is 0.769 bits per heavy atom. The van der Waals surface area contributed by atoms with Crippen molar-refractivity contribution in [3.05, 3.63) is 47.5 Å². The van der Waals surface area contributed by atoms with Gasteiger partial charge in [0.15, 0.2) is 17.2 Å². The summed E-state index contributed by atoms with van der Waals surface area (Å²) in [5.74, 6) is -2.32. The van der Waals surface area contributed by atoms with Crippen LogP contribution in [-0.4, -0.2) is 63.1 Å². The van der Waals surface area contributed by atoms with E-state index < -0.39 is 23.2 Å². The van der Waals surface area contributed by atoms with Crippen LogP contribution in [0.15, 0.2) is 36.4 Å². The smallest absolute Gasteiger partial charge is 0.254 e. The molecule has 0 atom stereocenters. The third kappa shape index (κ3) is 3.34. The van der Waals surface area contributed by atoms with Gasteiger partial charge in [-0.15, -0.1) is 0 Å². The zero-order valence-electron chi connectivity index (χ0n) is 13.9. The van der Waals surface area contributed by atoms with Crippen LogP contribution in [0.4, 0.5) is 5.69 Å². The number of hydrogen-bond donors (Lipinski definition) is 4. The standard InChI is InChI=1S/C18H19N3O5/c19-13-3-1-11(2-4-13)17(25)20-5-7-21(8-6-20)18(26)12-9-14(22)16(24)15(23)10-12/h1-4,9-10,22-24H,5-8,19H2. The number of amides is 2. The summed E-state index contributed by atoms with van der Waals surface area (Å²) in [5, 5.41) is 28.5. The van der Waals surface area contributed by atoms with E-state index in [1.165, 1.54) is 4.90 Å². The van der Waals surface area contributed by atoms with Crippen LogP contribution in [-0.2, 0) is 0 Å². The molecule has 1 aliphatic heterocycles. The van der Waals surface area contributed by atoms with Crippen molar-refractivity contribution in [2.45, 2.75) is 0 Å². The second-order valence-corrected chi connectivity index (χ2v) is 6.07. The zero-order valence-corrected chi connectivity index (χ0v) is 13.9. The number of benzene rings is 2. The number of nitrogens with zero attached hydrogens (tertiary/aromatic N) is 2. The summed E-state index contributed by atoms with van der Waals surface area (Å²) in [6, 6.07) is 8.86. The van der Waals surface area contributed by atoms with Gasteiger partial charge in [-0.3, -0.25) is 9.59 Å². The van der Waals surface area contributed by atoms with Crippen molar-refractivity contribution in [2.24, 2.45) is 0 Å². The molecule has 2 aromatic rings. The number of nitrogens with two attached hydrogens (primary N) is 1. The molecule has 0 aliphatic carbocycles. The minimum absolute atomic E-state index is 0.0658. The zero-order chi connectivity index (χ0) is 18.8. The third-order valence-electron chi connectivity index (χ3n) is 4.33. The Kier molecular flexibility index (Phi) is 4.57. The number of piperazine rings is 1. The van der Waals surface area contributed by atoms with E-state index in [9.17, 15) is 24.9 Å². The van der Waals surface area contributed by atoms with Crippen LogP contribution in [0.2, 0.25) is 0 Å². The number of aromatic hydroxyl groups is 3. The Morgan fingerprint density at radius 3 is 1.65 bits per heavy atom. The number of carbonyl (C=O) groups is 2. The Balaban J connectivity index is 1.65. The van der Waals surface area contributed by atoms with E-state index in [2.05, 4.69) is 0 Å². The van der Waals surface area contributed by atoms with Crippen molar-refractivity contribution < 1.29 is 24.9 Å². The lowest BCUT2D eigenvalue weighted by molar-refractivity contribution is 0.0535. The number of anilines is 1. The summed E-state index contributed by atoms with van der Waals surface area (Å²) < 4.78 is 0. The lowest BCUT2D eigenvalue weighted by atomic mass is 10.1. The summed E-state index contributed by atoms with van der Waals surface area (Å²) in [6.07, 6.45) is 0. The van der Waals surface area contributed by atoms with Crippen LogP contribution in [0, 0.1) is 0 Å². The average molecular weight is 357 g/mol. The number of rotatable bonds is 2. The van der Waals surface area contributed by atoms with E-state index in [1.807, 2.05) is 0 Å². The Morgan fingerprint density at radius 2 is 1.19 bits per heavy atom. The summed E-state index contributed by atoms with van der Waals surface area (Å²) in [4.78, 5) is 28.2. The molecular formula is C18H19N3O5. The molecule has 3 rings (SSSR count). The maximum absolute atomic E-state index is 12.5. The summed E-state index contributed by atoms with van der Waals surface area (Å²) in [5.41, 5.74) is 6.80. The van der Waals surface area contributed by atoms with Gasteiger partial charge in [0, 0.05) is 43.0 Å². The van der Waals surface area contributed by atoms with Gasteiger partial charge < -0.3 is 30.9 Å². The van der Waals surface area contributed by atoms with Crippen LogP contribution < -0.4 is 5.73 Å². The molecule has 1 fully saturated rings. The van der Waals surface area contributed by atoms with Gasteiger partial charge in [-0.05, 0) is 36.4 Å². The predicted molar refractivity (Wildman–Crippen MR) is 94.1 cm³/mol. The van der Waals surface area contributed by atoms with Crippen molar-refractivity contribution in [1.29, 1.82) is 0 Å². The quantitative estimate of drug-likeness (QED) is 0.469. The van der Waals surface area contributed by atoms with Crippen LogP contribution in [0.5, 0.6) is 17.2 Å². The highest BCUT2D eigenvalue weighted by atomic mass is 16.3. The first kappa shape index (κ1) is 17.4. The first-order chi connectivity index (χ1) is 12.4. The van der Waals surface area contributed by atoms with Gasteiger partial charge >= 0.3 is 0 Å². The molecular weight excluding hydrogens is 338 g/mol. The molecule has 0 radical (unpaired) electrons. The van der Waals surface area contributed by atoms with Crippen molar-refractivity contribution in [2.75, 3.05) is 31.9 Å². The van der Waals surface area contributed by atoms with Gasteiger partial charge in [-0.1, -0.05) is 0 Å². The summed E-state index contributed by atoms with van der Waals surface area (Å²) >= 11 is 0. The number of nitrogen functional groups attached to an aromatic ring is 1. The first-order valence-corrected chi connectivity index (χ1v) is 8.06. The van der Waals surface area contributed by atoms with Gasteiger partial charge in [-0.25, -0.2) is 0 Å². The van der Waals surface area contributed by atoms with Crippen LogP contribution in [0.25, 0.3) is 0 Å². The van der Waals surface area contributed by atoms with Crippen molar-refractivity contribution in [3.63, 3.8) is 0 Å². The van der Waals surface area contributed by atoms with Gasteiger partial charge in [0.05, 0.1) is 0 Å². The molecule has 0 unspecified atom stereocenters. The van der Waals surface area contributed by atoms with Crippen molar-refractivity contribution in [3.8, 4) is 17.2 Å². The van der Waals surface area contributed by atoms with E-state index in [-0.39, 0.29) is 11.5 Å². The van der Waals surface area contributed by atoms with E-state index in [0.717, 1.165) is 12.1 Å². The molecule has 0 saturated carbocycles.